The number of carbonyl (C=O) groups excluding carboxylic acids is 1. The van der Waals surface area contributed by atoms with Gasteiger partial charge in [-0.05, 0) is 47.9 Å². The molecule has 26 heavy (non-hydrogen) atoms. The largest absolute Gasteiger partial charge is 0.493 e. The van der Waals surface area contributed by atoms with Crippen LogP contribution >= 0.6 is 0 Å². The van der Waals surface area contributed by atoms with Crippen LogP contribution in [0.4, 0.5) is 0 Å². The third-order valence-corrected chi connectivity index (χ3v) is 4.13. The van der Waals surface area contributed by atoms with E-state index in [1.54, 1.807) is 50.4 Å². The van der Waals surface area contributed by atoms with Crippen molar-refractivity contribution in [3.05, 3.63) is 65.7 Å². The number of ether oxygens (including phenoxy) is 2. The number of amides is 1. The van der Waals surface area contributed by atoms with Crippen LogP contribution in [0.1, 0.15) is 27.9 Å². The predicted molar refractivity (Wildman–Crippen MR) is 101 cm³/mol. The monoisotopic (exact) mass is 350 g/mol. The quantitative estimate of drug-likeness (QED) is 0.763. The molecule has 0 N–H and O–H groups in total. The van der Waals surface area contributed by atoms with Crippen molar-refractivity contribution in [3.63, 3.8) is 0 Å². The molecule has 5 heteroatoms. The standard InChI is InChI=1S/C21H22N2O3/c1-15(17-8-9-19(25-3)20(13-17)26-4)10-11-23(2)21(24)18-7-5-6-16(12-18)14-22/h5-9,12-13H,1,10-11H2,2-4H3. The summed E-state index contributed by atoms with van der Waals surface area (Å²) in [6, 6.07) is 14.4. The van der Waals surface area contributed by atoms with Crippen LogP contribution in [0.5, 0.6) is 11.5 Å². The van der Waals surface area contributed by atoms with Crippen LogP contribution < -0.4 is 9.47 Å². The first kappa shape index (κ1) is 19.1. The first-order valence-electron chi connectivity index (χ1n) is 8.16. The Kier molecular flexibility index (Phi) is 6.40. The van der Waals surface area contributed by atoms with Gasteiger partial charge in [0.1, 0.15) is 0 Å². The van der Waals surface area contributed by atoms with Crippen molar-refractivity contribution < 1.29 is 14.3 Å². The summed E-state index contributed by atoms with van der Waals surface area (Å²) in [5, 5.41) is 8.96. The molecular weight excluding hydrogens is 328 g/mol. The Morgan fingerprint density at radius 2 is 1.85 bits per heavy atom. The molecule has 5 nitrogen and oxygen atoms in total. The maximum Gasteiger partial charge on any atom is 0.253 e. The van der Waals surface area contributed by atoms with Gasteiger partial charge in [-0.3, -0.25) is 4.79 Å². The van der Waals surface area contributed by atoms with E-state index in [1.165, 1.54) is 0 Å². The van der Waals surface area contributed by atoms with Gasteiger partial charge in [0.05, 0.1) is 25.9 Å². The normalized spacial score (nSPS) is 9.92. The van der Waals surface area contributed by atoms with Gasteiger partial charge in [-0.15, -0.1) is 0 Å². The summed E-state index contributed by atoms with van der Waals surface area (Å²) in [6.45, 7) is 4.63. The molecule has 0 aliphatic carbocycles. The number of hydrogen-bond acceptors (Lipinski definition) is 4. The minimum absolute atomic E-state index is 0.123. The van der Waals surface area contributed by atoms with Crippen LogP contribution in [0.2, 0.25) is 0 Å². The number of benzene rings is 2. The second-order valence-electron chi connectivity index (χ2n) is 5.84. The van der Waals surface area contributed by atoms with Crippen LogP contribution in [-0.2, 0) is 0 Å². The summed E-state index contributed by atoms with van der Waals surface area (Å²) in [7, 11) is 4.92. The molecule has 0 spiro atoms. The van der Waals surface area contributed by atoms with Crippen LogP contribution in [-0.4, -0.2) is 38.6 Å². The average Bonchev–Trinajstić information content (AvgIpc) is 2.70. The van der Waals surface area contributed by atoms with Crippen molar-refractivity contribution in [1.82, 2.24) is 4.90 Å². The lowest BCUT2D eigenvalue weighted by Gasteiger charge is -2.18. The van der Waals surface area contributed by atoms with Crippen molar-refractivity contribution in [2.45, 2.75) is 6.42 Å². The van der Waals surface area contributed by atoms with E-state index in [-0.39, 0.29) is 5.91 Å². The summed E-state index contributed by atoms with van der Waals surface area (Å²) in [5.41, 5.74) is 2.81. The summed E-state index contributed by atoms with van der Waals surface area (Å²) in [4.78, 5) is 14.1. The molecule has 2 rings (SSSR count). The van der Waals surface area contributed by atoms with Crippen molar-refractivity contribution in [3.8, 4) is 17.6 Å². The smallest absolute Gasteiger partial charge is 0.253 e. The number of hydrogen-bond donors (Lipinski definition) is 0. The molecule has 2 aromatic rings. The molecule has 0 saturated heterocycles. The highest BCUT2D eigenvalue weighted by Crippen LogP contribution is 2.30. The van der Waals surface area contributed by atoms with E-state index in [0.717, 1.165) is 11.1 Å². The molecule has 0 fully saturated rings. The molecule has 0 bridgehead atoms. The lowest BCUT2D eigenvalue weighted by Crippen LogP contribution is -2.27. The molecule has 0 aliphatic rings. The Hall–Kier alpha value is -3.26. The molecule has 0 aliphatic heterocycles. The lowest BCUT2D eigenvalue weighted by atomic mass is 10.0. The molecule has 0 heterocycles. The third kappa shape index (κ3) is 4.42. The number of rotatable bonds is 7. The fourth-order valence-corrected chi connectivity index (χ4v) is 2.55. The summed E-state index contributed by atoms with van der Waals surface area (Å²) >= 11 is 0. The predicted octanol–water partition coefficient (Wildman–Crippen LogP) is 3.75. The van der Waals surface area contributed by atoms with E-state index in [1.807, 2.05) is 24.3 Å². The van der Waals surface area contributed by atoms with E-state index in [9.17, 15) is 4.79 Å². The Balaban J connectivity index is 2.02. The van der Waals surface area contributed by atoms with Gasteiger partial charge in [0.15, 0.2) is 11.5 Å². The van der Waals surface area contributed by atoms with Gasteiger partial charge in [0.25, 0.3) is 5.91 Å². The van der Waals surface area contributed by atoms with Gasteiger partial charge in [0.2, 0.25) is 0 Å². The zero-order chi connectivity index (χ0) is 19.1. The fraction of sp³-hybridized carbons (Fsp3) is 0.238. The van der Waals surface area contributed by atoms with Gasteiger partial charge >= 0.3 is 0 Å². The molecule has 0 unspecified atom stereocenters. The van der Waals surface area contributed by atoms with Gasteiger partial charge in [-0.1, -0.05) is 18.7 Å². The SMILES string of the molecule is C=C(CCN(C)C(=O)c1cccc(C#N)c1)c1ccc(OC)c(OC)c1. The highest BCUT2D eigenvalue weighted by Gasteiger charge is 2.13. The fourth-order valence-electron chi connectivity index (χ4n) is 2.55. The highest BCUT2D eigenvalue weighted by molar-refractivity contribution is 5.94. The zero-order valence-corrected chi connectivity index (χ0v) is 15.3. The molecule has 1 amide bonds. The van der Waals surface area contributed by atoms with E-state index >= 15 is 0 Å². The van der Waals surface area contributed by atoms with E-state index in [4.69, 9.17) is 14.7 Å². The van der Waals surface area contributed by atoms with Crippen molar-refractivity contribution in [2.24, 2.45) is 0 Å². The molecule has 0 radical (unpaired) electrons. The van der Waals surface area contributed by atoms with E-state index in [0.29, 0.717) is 35.6 Å². The second-order valence-corrected chi connectivity index (χ2v) is 5.84. The maximum atomic E-state index is 12.5. The molecule has 0 atom stereocenters. The Bertz CT molecular complexity index is 853. The number of methoxy groups -OCH3 is 2. The number of carbonyl (C=O) groups is 1. The molecule has 134 valence electrons. The first-order valence-corrected chi connectivity index (χ1v) is 8.16. The molecule has 2 aromatic carbocycles. The average molecular weight is 350 g/mol. The Morgan fingerprint density at radius 3 is 2.50 bits per heavy atom. The summed E-state index contributed by atoms with van der Waals surface area (Å²) in [6.07, 6.45) is 0.621. The first-order chi connectivity index (χ1) is 12.5. The van der Waals surface area contributed by atoms with Gasteiger partial charge in [-0.2, -0.15) is 5.26 Å². The third-order valence-electron chi connectivity index (χ3n) is 4.13. The van der Waals surface area contributed by atoms with Crippen LogP contribution in [0.25, 0.3) is 5.57 Å². The van der Waals surface area contributed by atoms with Crippen LogP contribution in [0.15, 0.2) is 49.0 Å². The number of nitriles is 1. The molecule has 0 saturated carbocycles. The topological polar surface area (TPSA) is 62.6 Å². The molecular formula is C21H22N2O3. The van der Waals surface area contributed by atoms with E-state index in [2.05, 4.69) is 6.58 Å². The Morgan fingerprint density at radius 1 is 1.12 bits per heavy atom. The van der Waals surface area contributed by atoms with Crippen LogP contribution in [0.3, 0.4) is 0 Å². The lowest BCUT2D eigenvalue weighted by molar-refractivity contribution is 0.0798. The number of nitrogens with zero attached hydrogens (tertiary/aromatic N) is 2. The van der Waals surface area contributed by atoms with E-state index < -0.39 is 0 Å². The minimum atomic E-state index is -0.123. The minimum Gasteiger partial charge on any atom is -0.493 e. The highest BCUT2D eigenvalue weighted by atomic mass is 16.5. The van der Waals surface area contributed by atoms with Crippen molar-refractivity contribution in [2.75, 3.05) is 27.8 Å². The maximum absolute atomic E-state index is 12.5. The Labute approximate surface area is 154 Å². The second kappa shape index (κ2) is 8.72. The van der Waals surface area contributed by atoms with Crippen LogP contribution in [0, 0.1) is 11.3 Å². The summed E-state index contributed by atoms with van der Waals surface area (Å²) in [5.74, 6) is 1.18. The van der Waals surface area contributed by atoms with Crippen molar-refractivity contribution in [1.29, 1.82) is 5.26 Å². The van der Waals surface area contributed by atoms with Gasteiger partial charge in [0, 0.05) is 19.2 Å². The van der Waals surface area contributed by atoms with Gasteiger partial charge < -0.3 is 14.4 Å². The summed E-state index contributed by atoms with van der Waals surface area (Å²) < 4.78 is 10.6. The zero-order valence-electron chi connectivity index (χ0n) is 15.3. The molecule has 0 aromatic heterocycles. The van der Waals surface area contributed by atoms with Crippen molar-refractivity contribution >= 4 is 11.5 Å². The van der Waals surface area contributed by atoms with Gasteiger partial charge in [-0.25, -0.2) is 0 Å².